The van der Waals surface area contributed by atoms with Crippen LogP contribution in [0.15, 0.2) is 57.8 Å². The number of carbonyl (C=O) groups is 1. The Kier molecular flexibility index (Phi) is 5.89. The predicted octanol–water partition coefficient (Wildman–Crippen LogP) is 3.55. The number of hydrogen-bond acceptors (Lipinski definition) is 6. The number of nitrogens with one attached hydrogen (secondary N) is 1. The zero-order chi connectivity index (χ0) is 20.1. The quantitative estimate of drug-likeness (QED) is 0.652. The first kappa shape index (κ1) is 19.8. The molecule has 0 bridgehead atoms. The number of aromatic nitrogens is 2. The second-order valence-electron chi connectivity index (χ2n) is 6.56. The van der Waals surface area contributed by atoms with Gasteiger partial charge in [0.1, 0.15) is 0 Å². The van der Waals surface area contributed by atoms with Crippen molar-refractivity contribution in [3.05, 3.63) is 59.7 Å². The van der Waals surface area contributed by atoms with E-state index in [1.807, 2.05) is 38.1 Å². The fraction of sp³-hybridized carbons (Fsp3) is 0.250. The fourth-order valence-electron chi connectivity index (χ4n) is 2.55. The molecule has 8 heteroatoms. The summed E-state index contributed by atoms with van der Waals surface area (Å²) in [5, 5.41) is 10.2. The molecular formula is C20H21N3O4S. The van der Waals surface area contributed by atoms with Crippen LogP contribution in [0.2, 0.25) is 0 Å². The number of amides is 1. The largest absolute Gasteiger partial charge is 0.403 e. The van der Waals surface area contributed by atoms with Crippen LogP contribution in [-0.2, 0) is 14.6 Å². The SMILES string of the molecule is Cc1ccc(-c2nnc(NC(=O)CCCS(=O)(=O)c3ccc(C)cc3)o2)cc1. The number of aryl methyl sites for hydroxylation is 2. The van der Waals surface area contributed by atoms with Crippen LogP contribution < -0.4 is 5.32 Å². The Bertz CT molecular complexity index is 1060. The molecule has 2 aromatic carbocycles. The molecule has 3 rings (SSSR count). The molecule has 0 unspecified atom stereocenters. The molecular weight excluding hydrogens is 378 g/mol. The van der Waals surface area contributed by atoms with Crippen LogP contribution in [0.3, 0.4) is 0 Å². The number of anilines is 1. The second-order valence-corrected chi connectivity index (χ2v) is 8.67. The molecule has 28 heavy (non-hydrogen) atoms. The summed E-state index contributed by atoms with van der Waals surface area (Å²) in [6.07, 6.45) is 0.230. The van der Waals surface area contributed by atoms with Crippen LogP contribution >= 0.6 is 0 Å². The molecule has 0 atom stereocenters. The van der Waals surface area contributed by atoms with Gasteiger partial charge in [-0.25, -0.2) is 8.42 Å². The van der Waals surface area contributed by atoms with Crippen LogP contribution in [0.5, 0.6) is 0 Å². The minimum atomic E-state index is -3.41. The molecule has 1 N–H and O–H groups in total. The Morgan fingerprint density at radius 2 is 1.57 bits per heavy atom. The van der Waals surface area contributed by atoms with Gasteiger partial charge in [-0.1, -0.05) is 40.5 Å². The first-order valence-corrected chi connectivity index (χ1v) is 10.5. The smallest absolute Gasteiger partial charge is 0.322 e. The zero-order valence-electron chi connectivity index (χ0n) is 15.7. The standard InChI is InChI=1S/C20H21N3O4S/c1-14-5-9-16(10-6-14)19-22-23-20(27-19)21-18(24)4-3-13-28(25,26)17-11-7-15(2)8-12-17/h5-12H,3-4,13H2,1-2H3,(H,21,23,24). The van der Waals surface area contributed by atoms with Crippen molar-refractivity contribution in [1.29, 1.82) is 0 Å². The highest BCUT2D eigenvalue weighted by molar-refractivity contribution is 7.91. The maximum atomic E-state index is 12.3. The summed E-state index contributed by atoms with van der Waals surface area (Å²) in [6.45, 7) is 3.87. The van der Waals surface area contributed by atoms with Crippen LogP contribution in [0.25, 0.3) is 11.5 Å². The summed E-state index contributed by atoms with van der Waals surface area (Å²) in [6, 6.07) is 14.2. The predicted molar refractivity (Wildman–Crippen MR) is 106 cm³/mol. The van der Waals surface area contributed by atoms with E-state index in [-0.39, 0.29) is 35.4 Å². The van der Waals surface area contributed by atoms with Crippen molar-refractivity contribution in [3.8, 4) is 11.5 Å². The highest BCUT2D eigenvalue weighted by Gasteiger charge is 2.16. The Labute approximate surface area is 163 Å². The third-order valence-electron chi connectivity index (χ3n) is 4.17. The van der Waals surface area contributed by atoms with E-state index >= 15 is 0 Å². The molecule has 7 nitrogen and oxygen atoms in total. The van der Waals surface area contributed by atoms with E-state index in [0.29, 0.717) is 5.89 Å². The van der Waals surface area contributed by atoms with Gasteiger partial charge >= 0.3 is 6.01 Å². The average molecular weight is 399 g/mol. The van der Waals surface area contributed by atoms with Gasteiger partial charge in [-0.2, -0.15) is 0 Å². The summed E-state index contributed by atoms with van der Waals surface area (Å²) < 4.78 is 30.0. The van der Waals surface area contributed by atoms with E-state index in [0.717, 1.165) is 16.7 Å². The molecule has 3 aromatic rings. The second kappa shape index (κ2) is 8.35. The number of carbonyl (C=O) groups excluding carboxylic acids is 1. The van der Waals surface area contributed by atoms with Crippen LogP contribution in [-0.4, -0.2) is 30.3 Å². The van der Waals surface area contributed by atoms with Gasteiger partial charge in [0.2, 0.25) is 11.8 Å². The molecule has 0 spiro atoms. The van der Waals surface area contributed by atoms with Crippen molar-refractivity contribution >= 4 is 21.8 Å². The summed E-state index contributed by atoms with van der Waals surface area (Å²) in [4.78, 5) is 12.3. The maximum Gasteiger partial charge on any atom is 0.322 e. The third kappa shape index (κ3) is 5.04. The van der Waals surface area contributed by atoms with Gasteiger partial charge in [0.15, 0.2) is 9.84 Å². The van der Waals surface area contributed by atoms with E-state index in [1.54, 1.807) is 24.3 Å². The number of rotatable bonds is 7. The average Bonchev–Trinajstić information content (AvgIpc) is 3.11. The van der Waals surface area contributed by atoms with E-state index in [4.69, 9.17) is 4.42 Å². The van der Waals surface area contributed by atoms with E-state index < -0.39 is 9.84 Å². The Morgan fingerprint density at radius 1 is 0.964 bits per heavy atom. The minimum Gasteiger partial charge on any atom is -0.403 e. The molecule has 1 amide bonds. The number of hydrogen-bond donors (Lipinski definition) is 1. The Balaban J connectivity index is 1.52. The first-order chi connectivity index (χ1) is 13.3. The lowest BCUT2D eigenvalue weighted by Gasteiger charge is -2.05. The molecule has 1 aromatic heterocycles. The van der Waals surface area contributed by atoms with Gasteiger partial charge in [0, 0.05) is 12.0 Å². The molecule has 0 saturated carbocycles. The number of benzene rings is 2. The highest BCUT2D eigenvalue weighted by atomic mass is 32.2. The van der Waals surface area contributed by atoms with Gasteiger partial charge < -0.3 is 4.42 Å². The van der Waals surface area contributed by atoms with Gasteiger partial charge in [0.25, 0.3) is 0 Å². The van der Waals surface area contributed by atoms with Crippen molar-refractivity contribution in [2.45, 2.75) is 31.6 Å². The van der Waals surface area contributed by atoms with Crippen molar-refractivity contribution in [3.63, 3.8) is 0 Å². The maximum absolute atomic E-state index is 12.3. The van der Waals surface area contributed by atoms with Crippen molar-refractivity contribution in [1.82, 2.24) is 10.2 Å². The topological polar surface area (TPSA) is 102 Å². The Morgan fingerprint density at radius 3 is 2.21 bits per heavy atom. The summed E-state index contributed by atoms with van der Waals surface area (Å²) >= 11 is 0. The number of sulfone groups is 1. The Hall–Kier alpha value is -3.00. The molecule has 1 heterocycles. The molecule has 0 radical (unpaired) electrons. The molecule has 146 valence electrons. The summed E-state index contributed by atoms with van der Waals surface area (Å²) in [5.74, 6) is -0.183. The first-order valence-electron chi connectivity index (χ1n) is 8.83. The fourth-order valence-corrected chi connectivity index (χ4v) is 3.87. The van der Waals surface area contributed by atoms with Crippen molar-refractivity contribution < 1.29 is 17.6 Å². The third-order valence-corrected chi connectivity index (χ3v) is 5.98. The van der Waals surface area contributed by atoms with E-state index in [2.05, 4.69) is 15.5 Å². The van der Waals surface area contributed by atoms with Crippen LogP contribution in [0.4, 0.5) is 6.01 Å². The minimum absolute atomic E-state index is 0.0121. The molecule has 0 fully saturated rings. The molecule has 0 aliphatic carbocycles. The molecule has 0 aliphatic rings. The molecule has 0 saturated heterocycles. The summed E-state index contributed by atoms with van der Waals surface area (Å²) in [7, 11) is -3.41. The van der Waals surface area contributed by atoms with Gasteiger partial charge in [-0.05, 0) is 44.5 Å². The van der Waals surface area contributed by atoms with E-state index in [1.165, 1.54) is 0 Å². The van der Waals surface area contributed by atoms with Crippen molar-refractivity contribution in [2.24, 2.45) is 0 Å². The van der Waals surface area contributed by atoms with Crippen LogP contribution in [0, 0.1) is 13.8 Å². The van der Waals surface area contributed by atoms with Crippen molar-refractivity contribution in [2.75, 3.05) is 11.1 Å². The lowest BCUT2D eigenvalue weighted by Crippen LogP contribution is -2.14. The molecule has 0 aliphatic heterocycles. The van der Waals surface area contributed by atoms with E-state index in [9.17, 15) is 13.2 Å². The van der Waals surface area contributed by atoms with Gasteiger partial charge in [-0.15, -0.1) is 5.10 Å². The zero-order valence-corrected chi connectivity index (χ0v) is 16.5. The van der Waals surface area contributed by atoms with Gasteiger partial charge in [-0.3, -0.25) is 10.1 Å². The lowest BCUT2D eigenvalue weighted by molar-refractivity contribution is -0.116. The normalized spacial score (nSPS) is 11.4. The van der Waals surface area contributed by atoms with Crippen LogP contribution in [0.1, 0.15) is 24.0 Å². The number of nitrogens with zero attached hydrogens (tertiary/aromatic N) is 2. The lowest BCUT2D eigenvalue weighted by atomic mass is 10.1. The monoisotopic (exact) mass is 399 g/mol. The van der Waals surface area contributed by atoms with Gasteiger partial charge in [0.05, 0.1) is 10.6 Å². The summed E-state index contributed by atoms with van der Waals surface area (Å²) in [5.41, 5.74) is 2.85. The highest BCUT2D eigenvalue weighted by Crippen LogP contribution is 2.20.